The molecule has 0 spiro atoms. The van der Waals surface area contributed by atoms with Gasteiger partial charge in [-0.1, -0.05) is 22.9 Å². The molecule has 1 aromatic rings. The Labute approximate surface area is 107 Å². The molecule has 0 N–H and O–H groups in total. The van der Waals surface area contributed by atoms with Gasteiger partial charge in [0.25, 0.3) is 0 Å². The smallest absolute Gasteiger partial charge is 0.205 e. The quantitative estimate of drug-likeness (QED) is 0.802. The van der Waals surface area contributed by atoms with Gasteiger partial charge < -0.3 is 4.90 Å². The van der Waals surface area contributed by atoms with Crippen LogP contribution in [0.2, 0.25) is 0 Å². The second kappa shape index (κ2) is 5.50. The number of nitrogens with zero attached hydrogens (tertiary/aromatic N) is 3. The van der Waals surface area contributed by atoms with Gasteiger partial charge in [0.1, 0.15) is 5.82 Å². The van der Waals surface area contributed by atoms with Crippen molar-refractivity contribution < 1.29 is 0 Å². The summed E-state index contributed by atoms with van der Waals surface area (Å²) in [5.74, 6) is 3.36. The standard InChI is InChI=1S/C9H14BrN3S2/c1-2-8-11-9(15-12-8)13-3-4-14-6-7(13)5-10/h7H,2-6H2,1H3. The van der Waals surface area contributed by atoms with E-state index in [1.165, 1.54) is 23.0 Å². The van der Waals surface area contributed by atoms with Crippen molar-refractivity contribution >= 4 is 44.4 Å². The molecule has 0 aliphatic carbocycles. The fourth-order valence-corrected chi connectivity index (χ4v) is 4.33. The first-order valence-corrected chi connectivity index (χ1v) is 8.13. The van der Waals surface area contributed by atoms with Crippen LogP contribution in [-0.2, 0) is 6.42 Å². The van der Waals surface area contributed by atoms with Crippen LogP contribution in [0.5, 0.6) is 0 Å². The Kier molecular flexibility index (Phi) is 4.28. The Bertz CT molecular complexity index is 318. The third kappa shape index (κ3) is 2.65. The monoisotopic (exact) mass is 307 g/mol. The molecule has 0 saturated carbocycles. The minimum atomic E-state index is 0.571. The molecule has 1 unspecified atom stereocenters. The predicted molar refractivity (Wildman–Crippen MR) is 71.5 cm³/mol. The fraction of sp³-hybridized carbons (Fsp3) is 0.778. The number of rotatable bonds is 3. The molecule has 1 saturated heterocycles. The Balaban J connectivity index is 2.12. The number of aromatic nitrogens is 2. The van der Waals surface area contributed by atoms with Crippen molar-refractivity contribution in [2.45, 2.75) is 19.4 Å². The molecule has 1 atom stereocenters. The first kappa shape index (κ1) is 11.7. The lowest BCUT2D eigenvalue weighted by Gasteiger charge is -2.33. The number of thioether (sulfide) groups is 1. The maximum atomic E-state index is 4.55. The van der Waals surface area contributed by atoms with Gasteiger partial charge in [0.2, 0.25) is 5.13 Å². The van der Waals surface area contributed by atoms with Crippen LogP contribution in [0.1, 0.15) is 12.7 Å². The molecule has 15 heavy (non-hydrogen) atoms. The van der Waals surface area contributed by atoms with E-state index in [-0.39, 0.29) is 0 Å². The van der Waals surface area contributed by atoms with Crippen LogP contribution in [0.25, 0.3) is 0 Å². The molecule has 3 nitrogen and oxygen atoms in total. The Morgan fingerprint density at radius 1 is 1.60 bits per heavy atom. The average molecular weight is 308 g/mol. The van der Waals surface area contributed by atoms with E-state index in [2.05, 4.69) is 37.1 Å². The highest BCUT2D eigenvalue weighted by Crippen LogP contribution is 2.26. The lowest BCUT2D eigenvalue weighted by molar-refractivity contribution is 0.707. The molecule has 0 bridgehead atoms. The summed E-state index contributed by atoms with van der Waals surface area (Å²) >= 11 is 7.13. The van der Waals surface area contributed by atoms with E-state index in [0.717, 1.165) is 29.3 Å². The third-order valence-corrected chi connectivity index (χ3v) is 5.06. The molecule has 0 aromatic carbocycles. The van der Waals surface area contributed by atoms with Crippen molar-refractivity contribution in [3.05, 3.63) is 5.82 Å². The molecule has 1 aliphatic rings. The number of hydrogen-bond donors (Lipinski definition) is 0. The van der Waals surface area contributed by atoms with Gasteiger partial charge in [0.15, 0.2) is 0 Å². The summed E-state index contributed by atoms with van der Waals surface area (Å²) in [6.45, 7) is 3.19. The van der Waals surface area contributed by atoms with E-state index in [4.69, 9.17) is 0 Å². The second-order valence-electron chi connectivity index (χ2n) is 3.42. The van der Waals surface area contributed by atoms with Crippen molar-refractivity contribution in [3.8, 4) is 0 Å². The van der Waals surface area contributed by atoms with Crippen LogP contribution >= 0.6 is 39.2 Å². The van der Waals surface area contributed by atoms with Crippen LogP contribution in [-0.4, -0.2) is 38.8 Å². The Morgan fingerprint density at radius 3 is 3.13 bits per heavy atom. The van der Waals surface area contributed by atoms with Crippen molar-refractivity contribution in [2.75, 3.05) is 28.3 Å². The lowest BCUT2D eigenvalue weighted by Crippen LogP contribution is -2.43. The van der Waals surface area contributed by atoms with E-state index in [9.17, 15) is 0 Å². The summed E-state index contributed by atoms with van der Waals surface area (Å²) in [4.78, 5) is 6.94. The molecular formula is C9H14BrN3S2. The van der Waals surface area contributed by atoms with Gasteiger partial charge in [-0.3, -0.25) is 0 Å². The largest absolute Gasteiger partial charge is 0.341 e. The molecule has 84 valence electrons. The van der Waals surface area contributed by atoms with E-state index in [1.807, 2.05) is 11.8 Å². The minimum Gasteiger partial charge on any atom is -0.341 e. The first-order valence-electron chi connectivity index (χ1n) is 5.08. The number of anilines is 1. The summed E-state index contributed by atoms with van der Waals surface area (Å²) in [5.41, 5.74) is 0. The summed E-state index contributed by atoms with van der Waals surface area (Å²) in [6.07, 6.45) is 0.929. The van der Waals surface area contributed by atoms with Crippen molar-refractivity contribution in [1.82, 2.24) is 9.36 Å². The summed E-state index contributed by atoms with van der Waals surface area (Å²) in [5, 5.41) is 2.11. The fourth-order valence-electron chi connectivity index (χ4n) is 1.54. The maximum Gasteiger partial charge on any atom is 0.205 e. The zero-order valence-corrected chi connectivity index (χ0v) is 11.9. The highest BCUT2D eigenvalue weighted by molar-refractivity contribution is 9.09. The molecule has 0 radical (unpaired) electrons. The third-order valence-electron chi connectivity index (χ3n) is 2.42. The molecule has 0 amide bonds. The molecule has 1 aromatic heterocycles. The number of alkyl halides is 1. The van der Waals surface area contributed by atoms with Gasteiger partial charge in [0.05, 0.1) is 0 Å². The topological polar surface area (TPSA) is 29.0 Å². The highest BCUT2D eigenvalue weighted by Gasteiger charge is 2.24. The number of halogens is 1. The summed E-state index contributed by atoms with van der Waals surface area (Å²) in [7, 11) is 0. The number of aryl methyl sites for hydroxylation is 1. The van der Waals surface area contributed by atoms with Gasteiger partial charge in [-0.2, -0.15) is 16.1 Å². The maximum absolute atomic E-state index is 4.55. The number of hydrogen-bond acceptors (Lipinski definition) is 5. The van der Waals surface area contributed by atoms with Gasteiger partial charge in [-0.05, 0) is 0 Å². The van der Waals surface area contributed by atoms with Crippen LogP contribution < -0.4 is 4.90 Å². The second-order valence-corrected chi connectivity index (χ2v) is 5.95. The Morgan fingerprint density at radius 2 is 2.47 bits per heavy atom. The molecule has 1 aliphatic heterocycles. The molecule has 2 heterocycles. The Hall–Kier alpha value is 0.190. The van der Waals surface area contributed by atoms with Crippen LogP contribution in [0, 0.1) is 0 Å². The van der Waals surface area contributed by atoms with Crippen molar-refractivity contribution in [1.29, 1.82) is 0 Å². The normalized spacial score (nSPS) is 22.0. The van der Waals surface area contributed by atoms with Gasteiger partial charge in [-0.15, -0.1) is 0 Å². The predicted octanol–water partition coefficient (Wildman–Crippen LogP) is 2.42. The van der Waals surface area contributed by atoms with Crippen LogP contribution in [0.3, 0.4) is 0 Å². The molecule has 1 fully saturated rings. The first-order chi connectivity index (χ1) is 7.35. The van der Waals surface area contributed by atoms with Crippen LogP contribution in [0.15, 0.2) is 0 Å². The lowest BCUT2D eigenvalue weighted by atomic mass is 10.3. The van der Waals surface area contributed by atoms with Crippen LogP contribution in [0.4, 0.5) is 5.13 Å². The van der Waals surface area contributed by atoms with E-state index in [1.54, 1.807) is 0 Å². The molecular weight excluding hydrogens is 294 g/mol. The molecule has 6 heteroatoms. The summed E-state index contributed by atoms with van der Waals surface area (Å²) < 4.78 is 4.35. The van der Waals surface area contributed by atoms with E-state index < -0.39 is 0 Å². The van der Waals surface area contributed by atoms with Crippen molar-refractivity contribution in [3.63, 3.8) is 0 Å². The van der Waals surface area contributed by atoms with E-state index in [0.29, 0.717) is 6.04 Å². The SMILES string of the molecule is CCc1nsc(N2CCSCC2CBr)n1. The van der Waals surface area contributed by atoms with Gasteiger partial charge in [-0.25, -0.2) is 4.98 Å². The van der Waals surface area contributed by atoms with Crippen molar-refractivity contribution in [2.24, 2.45) is 0 Å². The highest BCUT2D eigenvalue weighted by atomic mass is 79.9. The zero-order chi connectivity index (χ0) is 10.7. The average Bonchev–Trinajstić information content (AvgIpc) is 2.77. The molecule has 2 rings (SSSR count). The van der Waals surface area contributed by atoms with E-state index >= 15 is 0 Å². The van der Waals surface area contributed by atoms with Gasteiger partial charge in [0, 0.05) is 47.4 Å². The zero-order valence-electron chi connectivity index (χ0n) is 8.65. The summed E-state index contributed by atoms with van der Waals surface area (Å²) in [6, 6.07) is 0.571. The van der Waals surface area contributed by atoms with Gasteiger partial charge >= 0.3 is 0 Å². The minimum absolute atomic E-state index is 0.571.